The van der Waals surface area contributed by atoms with Crippen molar-refractivity contribution < 1.29 is 9.59 Å². The van der Waals surface area contributed by atoms with Crippen LogP contribution in [0.2, 0.25) is 0 Å². The van der Waals surface area contributed by atoms with E-state index in [0.29, 0.717) is 6.54 Å². The largest absolute Gasteiger partial charge is 0.350 e. The number of hydrogen-bond donors (Lipinski definition) is 1. The monoisotopic (exact) mass is 375 g/mol. The highest BCUT2D eigenvalue weighted by atomic mass is 16.2. The number of likely N-dealkylation sites (tertiary alicyclic amines) is 1. The van der Waals surface area contributed by atoms with Crippen LogP contribution in [0.1, 0.15) is 45.0 Å². The van der Waals surface area contributed by atoms with Crippen LogP contribution < -0.4 is 5.32 Å². The Morgan fingerprint density at radius 2 is 2.00 bits per heavy atom. The maximum absolute atomic E-state index is 12.8. The van der Waals surface area contributed by atoms with Gasteiger partial charge in [0.1, 0.15) is 0 Å². The number of carbonyl (C=O) groups excluding carboxylic acids is 2. The van der Waals surface area contributed by atoms with Gasteiger partial charge in [-0.05, 0) is 38.9 Å². The lowest BCUT2D eigenvalue weighted by Gasteiger charge is -2.44. The average molecular weight is 376 g/mol. The Kier molecular flexibility index (Phi) is 5.60. The van der Waals surface area contributed by atoms with Crippen molar-refractivity contribution >= 4 is 11.8 Å². The first-order chi connectivity index (χ1) is 12.8. The minimum Gasteiger partial charge on any atom is -0.350 e. The van der Waals surface area contributed by atoms with E-state index in [2.05, 4.69) is 36.1 Å². The first-order valence-electron chi connectivity index (χ1n) is 10.1. The van der Waals surface area contributed by atoms with Crippen LogP contribution in [-0.4, -0.2) is 63.6 Å². The molecule has 0 radical (unpaired) electrons. The molecule has 1 aromatic rings. The molecule has 150 valence electrons. The first kappa shape index (κ1) is 19.9. The molecule has 1 spiro atoms. The fourth-order valence-electron chi connectivity index (χ4n) is 4.53. The lowest BCUT2D eigenvalue weighted by Crippen LogP contribution is -2.59. The molecule has 1 aliphatic heterocycles. The SMILES string of the molecule is CCC(C(=O)N1CC2(CC2C(=O)NCc2cc(C)nn2C)C1)N(CC)CC. The minimum atomic E-state index is -0.0311. The van der Waals surface area contributed by atoms with Gasteiger partial charge in [0.2, 0.25) is 11.8 Å². The Morgan fingerprint density at radius 1 is 1.33 bits per heavy atom. The summed E-state index contributed by atoms with van der Waals surface area (Å²) < 4.78 is 1.81. The van der Waals surface area contributed by atoms with Gasteiger partial charge in [0.25, 0.3) is 0 Å². The molecule has 27 heavy (non-hydrogen) atoms. The van der Waals surface area contributed by atoms with Crippen molar-refractivity contribution in [3.05, 3.63) is 17.5 Å². The molecule has 7 heteroatoms. The number of likely N-dealkylation sites (N-methyl/N-ethyl adjacent to an activating group) is 1. The Bertz CT molecular complexity index is 703. The van der Waals surface area contributed by atoms with E-state index < -0.39 is 0 Å². The van der Waals surface area contributed by atoms with E-state index in [-0.39, 0.29) is 29.2 Å². The molecular formula is C20H33N5O2. The summed E-state index contributed by atoms with van der Waals surface area (Å²) in [6, 6.07) is 1.96. The van der Waals surface area contributed by atoms with Gasteiger partial charge in [0, 0.05) is 31.5 Å². The van der Waals surface area contributed by atoms with E-state index in [1.165, 1.54) is 0 Å². The summed E-state index contributed by atoms with van der Waals surface area (Å²) in [4.78, 5) is 29.5. The number of aromatic nitrogens is 2. The zero-order valence-electron chi connectivity index (χ0n) is 17.3. The molecule has 0 aromatic carbocycles. The van der Waals surface area contributed by atoms with Crippen LogP contribution in [-0.2, 0) is 23.2 Å². The second-order valence-electron chi connectivity index (χ2n) is 8.08. The van der Waals surface area contributed by atoms with Crippen LogP contribution in [0.4, 0.5) is 0 Å². The van der Waals surface area contributed by atoms with E-state index in [9.17, 15) is 9.59 Å². The summed E-state index contributed by atoms with van der Waals surface area (Å²) in [7, 11) is 1.89. The molecule has 2 unspecified atom stereocenters. The maximum Gasteiger partial charge on any atom is 0.239 e. The average Bonchev–Trinajstić information content (AvgIpc) is 3.28. The summed E-state index contributed by atoms with van der Waals surface area (Å²) in [5.74, 6) is 0.379. The number of carbonyl (C=O) groups is 2. The molecule has 7 nitrogen and oxygen atoms in total. The molecule has 2 aliphatic rings. The van der Waals surface area contributed by atoms with Crippen LogP contribution in [0.25, 0.3) is 0 Å². The fourth-order valence-corrected chi connectivity index (χ4v) is 4.53. The van der Waals surface area contributed by atoms with Crippen molar-refractivity contribution in [2.24, 2.45) is 18.4 Å². The molecule has 1 saturated carbocycles. The van der Waals surface area contributed by atoms with Gasteiger partial charge in [-0.1, -0.05) is 20.8 Å². The highest BCUT2D eigenvalue weighted by Crippen LogP contribution is 2.58. The molecule has 2 atom stereocenters. The van der Waals surface area contributed by atoms with Crippen molar-refractivity contribution in [3.8, 4) is 0 Å². The van der Waals surface area contributed by atoms with Crippen LogP contribution >= 0.6 is 0 Å². The molecule has 3 rings (SSSR count). The molecular weight excluding hydrogens is 342 g/mol. The van der Waals surface area contributed by atoms with Gasteiger partial charge in [-0.2, -0.15) is 5.10 Å². The Balaban J connectivity index is 1.48. The number of hydrogen-bond acceptors (Lipinski definition) is 4. The van der Waals surface area contributed by atoms with E-state index in [1.54, 1.807) is 4.68 Å². The summed E-state index contributed by atoms with van der Waals surface area (Å²) in [6.45, 7) is 12.0. The molecule has 2 fully saturated rings. The molecule has 2 amide bonds. The van der Waals surface area contributed by atoms with Crippen molar-refractivity contribution in [1.82, 2.24) is 24.9 Å². The summed E-state index contributed by atoms with van der Waals surface area (Å²) >= 11 is 0. The van der Waals surface area contributed by atoms with Gasteiger partial charge in [0.15, 0.2) is 0 Å². The molecule has 1 saturated heterocycles. The van der Waals surface area contributed by atoms with E-state index in [1.807, 2.05) is 24.9 Å². The predicted molar refractivity (Wildman–Crippen MR) is 104 cm³/mol. The predicted octanol–water partition coefficient (Wildman–Crippen LogP) is 1.31. The summed E-state index contributed by atoms with van der Waals surface area (Å²) in [6.07, 6.45) is 1.73. The zero-order valence-corrected chi connectivity index (χ0v) is 17.3. The van der Waals surface area contributed by atoms with Crippen molar-refractivity contribution in [1.29, 1.82) is 0 Å². The normalized spacial score (nSPS) is 21.3. The van der Waals surface area contributed by atoms with Crippen LogP contribution in [0.5, 0.6) is 0 Å². The third-order valence-corrected chi connectivity index (χ3v) is 6.30. The maximum atomic E-state index is 12.8. The van der Waals surface area contributed by atoms with Crippen molar-refractivity contribution in [3.63, 3.8) is 0 Å². The van der Waals surface area contributed by atoms with Crippen molar-refractivity contribution in [2.45, 2.75) is 53.1 Å². The third-order valence-electron chi connectivity index (χ3n) is 6.30. The fraction of sp³-hybridized carbons (Fsp3) is 0.750. The van der Waals surface area contributed by atoms with E-state index in [0.717, 1.165) is 50.4 Å². The second-order valence-corrected chi connectivity index (χ2v) is 8.08. The lowest BCUT2D eigenvalue weighted by molar-refractivity contribution is -0.146. The van der Waals surface area contributed by atoms with Crippen LogP contribution in [0.3, 0.4) is 0 Å². The Hall–Kier alpha value is -1.89. The second kappa shape index (κ2) is 7.62. The van der Waals surface area contributed by atoms with Gasteiger partial charge < -0.3 is 10.2 Å². The number of amides is 2. The number of aryl methyl sites for hydroxylation is 2. The van der Waals surface area contributed by atoms with Gasteiger partial charge >= 0.3 is 0 Å². The Morgan fingerprint density at radius 3 is 2.52 bits per heavy atom. The minimum absolute atomic E-state index is 0.0311. The van der Waals surface area contributed by atoms with Crippen molar-refractivity contribution in [2.75, 3.05) is 26.2 Å². The van der Waals surface area contributed by atoms with Gasteiger partial charge in [-0.25, -0.2) is 0 Å². The summed E-state index contributed by atoms with van der Waals surface area (Å²) in [5, 5.41) is 7.35. The van der Waals surface area contributed by atoms with Crippen LogP contribution in [0.15, 0.2) is 6.07 Å². The standard InChI is InChI=1S/C20H33N5O2/c1-6-17(24(7-2)8-3)19(27)25-12-20(13-25)10-16(20)18(26)21-11-15-9-14(4)22-23(15)5/h9,16-17H,6-8,10-13H2,1-5H3,(H,21,26). The highest BCUT2D eigenvalue weighted by Gasteiger charge is 2.65. The molecule has 1 aromatic heterocycles. The topological polar surface area (TPSA) is 70.5 Å². The van der Waals surface area contributed by atoms with Gasteiger partial charge in [-0.3, -0.25) is 19.2 Å². The quantitative estimate of drug-likeness (QED) is 0.744. The lowest BCUT2D eigenvalue weighted by atomic mass is 9.92. The number of rotatable bonds is 8. The molecule has 0 bridgehead atoms. The van der Waals surface area contributed by atoms with Crippen LogP contribution in [0, 0.1) is 18.3 Å². The smallest absolute Gasteiger partial charge is 0.239 e. The number of nitrogens with one attached hydrogen (secondary N) is 1. The highest BCUT2D eigenvalue weighted by molar-refractivity contribution is 5.86. The Labute approximate surface area is 162 Å². The van der Waals surface area contributed by atoms with Gasteiger partial charge in [-0.15, -0.1) is 0 Å². The van der Waals surface area contributed by atoms with E-state index >= 15 is 0 Å². The summed E-state index contributed by atoms with van der Waals surface area (Å²) in [5.41, 5.74) is 1.99. The number of nitrogens with zero attached hydrogens (tertiary/aromatic N) is 4. The molecule has 2 heterocycles. The first-order valence-corrected chi connectivity index (χ1v) is 10.1. The molecule has 1 aliphatic carbocycles. The van der Waals surface area contributed by atoms with E-state index in [4.69, 9.17) is 0 Å². The molecule has 1 N–H and O–H groups in total. The zero-order chi connectivity index (χ0) is 19.8. The van der Waals surface area contributed by atoms with Gasteiger partial charge in [0.05, 0.1) is 24.0 Å². The third kappa shape index (κ3) is 3.74.